The summed E-state index contributed by atoms with van der Waals surface area (Å²) in [5.74, 6) is 1.29. The Bertz CT molecular complexity index is 2610. The molecule has 0 bridgehead atoms. The largest absolute Gasteiger partial charge is 0.494 e. The van der Waals surface area contributed by atoms with Gasteiger partial charge in [0.15, 0.2) is 5.60 Å². The number of rotatable bonds is 15. The number of amides is 1. The average molecular weight is 860 g/mol. The Morgan fingerprint density at radius 1 is 1.00 bits per heavy atom. The van der Waals surface area contributed by atoms with Crippen molar-refractivity contribution >= 4 is 34.4 Å². The molecule has 3 aromatic carbocycles. The first-order chi connectivity index (χ1) is 29.9. The molecule has 1 atom stereocenters. The smallest absolute Gasteiger partial charge is 0.343 e. The van der Waals surface area contributed by atoms with Gasteiger partial charge in [-0.25, -0.2) is 9.78 Å². The normalized spacial score (nSPS) is 19.0. The highest BCUT2D eigenvalue weighted by atomic mass is 35.5. The Balaban J connectivity index is 0.804. The molecule has 0 saturated heterocycles. The molecule has 0 radical (unpaired) electrons. The van der Waals surface area contributed by atoms with Crippen molar-refractivity contribution in [3.63, 3.8) is 0 Å². The molecule has 1 amide bonds. The van der Waals surface area contributed by atoms with Crippen molar-refractivity contribution in [2.45, 2.75) is 95.7 Å². The van der Waals surface area contributed by atoms with Gasteiger partial charge in [0.1, 0.15) is 29.9 Å². The maximum Gasteiger partial charge on any atom is 0.343 e. The lowest BCUT2D eigenvalue weighted by molar-refractivity contribution is -0.172. The third-order valence-corrected chi connectivity index (χ3v) is 12.4. The summed E-state index contributed by atoms with van der Waals surface area (Å²) in [6, 6.07) is 22.2. The summed E-state index contributed by atoms with van der Waals surface area (Å²) in [5.41, 5.74) is 3.34. The van der Waals surface area contributed by atoms with Crippen LogP contribution in [0.25, 0.3) is 22.3 Å². The van der Waals surface area contributed by atoms with Gasteiger partial charge in [-0.05, 0) is 126 Å². The Morgan fingerprint density at radius 2 is 1.74 bits per heavy atom. The predicted molar refractivity (Wildman–Crippen MR) is 234 cm³/mol. The van der Waals surface area contributed by atoms with E-state index >= 15 is 0 Å². The number of pyridine rings is 2. The molecule has 1 aliphatic carbocycles. The van der Waals surface area contributed by atoms with E-state index in [1.807, 2.05) is 38.4 Å². The van der Waals surface area contributed by atoms with Crippen LogP contribution < -0.4 is 25.1 Å². The van der Waals surface area contributed by atoms with E-state index in [1.165, 1.54) is 0 Å². The minimum Gasteiger partial charge on any atom is -0.494 e. The molecule has 1 fully saturated rings. The summed E-state index contributed by atoms with van der Waals surface area (Å²) in [4.78, 5) is 46.3. The van der Waals surface area contributed by atoms with Gasteiger partial charge in [0.2, 0.25) is 0 Å². The summed E-state index contributed by atoms with van der Waals surface area (Å²) in [6.45, 7) is 3.55. The number of cyclic esters (lactones) is 1. The van der Waals surface area contributed by atoms with Gasteiger partial charge >= 0.3 is 5.97 Å². The summed E-state index contributed by atoms with van der Waals surface area (Å²) >= 11 is 6.15. The zero-order valence-electron chi connectivity index (χ0n) is 35.2. The van der Waals surface area contributed by atoms with Gasteiger partial charge < -0.3 is 38.8 Å². The van der Waals surface area contributed by atoms with Crippen molar-refractivity contribution < 1.29 is 33.6 Å². The lowest BCUT2D eigenvalue weighted by Gasteiger charge is -2.31. The van der Waals surface area contributed by atoms with E-state index in [9.17, 15) is 19.5 Å². The van der Waals surface area contributed by atoms with E-state index in [0.717, 1.165) is 72.7 Å². The Labute approximate surface area is 365 Å². The molecule has 13 nitrogen and oxygen atoms in total. The Morgan fingerprint density at radius 3 is 2.45 bits per heavy atom. The Kier molecular flexibility index (Phi) is 12.5. The number of halogens is 1. The van der Waals surface area contributed by atoms with Gasteiger partial charge in [0, 0.05) is 46.3 Å². The highest BCUT2D eigenvalue weighted by Gasteiger charge is 2.45. The monoisotopic (exact) mass is 859 g/mol. The molecular formula is C48H50ClN5O8. The van der Waals surface area contributed by atoms with Crippen LogP contribution >= 0.6 is 11.6 Å². The highest BCUT2D eigenvalue weighted by molar-refractivity contribution is 6.31. The number of esters is 1. The zero-order valence-corrected chi connectivity index (χ0v) is 35.9. The van der Waals surface area contributed by atoms with Crippen LogP contribution in [0.4, 0.5) is 0 Å². The number of benzene rings is 3. The lowest BCUT2D eigenvalue weighted by Crippen LogP contribution is -2.44. The molecule has 5 aromatic rings. The standard InChI is InChI=1S/C48H50ClN5O8/c1-4-48(58)39-24-42-44-31(26-54(42)46(56)38(39)28-61-47(48)57)22-36-37(27-53(2)3)43(19-18-41(36)52-44)60-21-7-5-6-20-59-33-13-8-29(9-14-33)45(55)51-32-11-16-34(17-12-32)62-35-15-10-30(25-50)40(49)23-35/h8-10,13-15,18-19,22-24,32,34,58H,4-7,11-12,16-17,20-21,26-28H2,1-3H3,(H,51,55)/t32?,34?,48-/m0/s1. The lowest BCUT2D eigenvalue weighted by atomic mass is 9.86. The molecule has 62 heavy (non-hydrogen) atoms. The van der Waals surface area contributed by atoms with Crippen LogP contribution in [-0.2, 0) is 34.8 Å². The molecule has 14 heteroatoms. The fourth-order valence-electron chi connectivity index (χ4n) is 8.61. The third-order valence-electron chi connectivity index (χ3n) is 12.0. The van der Waals surface area contributed by atoms with Crippen molar-refractivity contribution in [1.29, 1.82) is 5.26 Å². The molecule has 2 aromatic heterocycles. The van der Waals surface area contributed by atoms with E-state index in [0.29, 0.717) is 76.5 Å². The molecule has 2 aliphatic heterocycles. The van der Waals surface area contributed by atoms with Crippen LogP contribution in [0, 0.1) is 11.3 Å². The maximum absolute atomic E-state index is 13.7. The van der Waals surface area contributed by atoms with E-state index in [4.69, 9.17) is 40.8 Å². The number of hydrogen-bond donors (Lipinski definition) is 2. The number of aromatic nitrogens is 2. The van der Waals surface area contributed by atoms with E-state index < -0.39 is 11.6 Å². The molecule has 1 saturated carbocycles. The fourth-order valence-corrected chi connectivity index (χ4v) is 8.82. The molecule has 322 valence electrons. The van der Waals surface area contributed by atoms with Crippen LogP contribution in [0.3, 0.4) is 0 Å². The number of nitrogens with one attached hydrogen (secondary N) is 1. The summed E-state index contributed by atoms with van der Waals surface area (Å²) in [7, 11) is 4.01. The SMILES string of the molecule is CC[C@@]1(O)C(=O)OCc2c1cc1n(c2=O)Cc2cc3c(CN(C)C)c(OCCCCCOc4ccc(C(=O)NC5CCC(Oc6ccc(C#N)c(Cl)c6)CC5)cc4)ccc3nc2-1. The van der Waals surface area contributed by atoms with Crippen LogP contribution in [-0.4, -0.2) is 70.9 Å². The number of nitriles is 1. The second-order valence-electron chi connectivity index (χ2n) is 16.5. The minimum atomic E-state index is -1.88. The van der Waals surface area contributed by atoms with Crippen molar-refractivity contribution in [2.24, 2.45) is 0 Å². The fraction of sp³-hybridized carbons (Fsp3) is 0.396. The van der Waals surface area contributed by atoms with E-state index in [1.54, 1.807) is 47.9 Å². The van der Waals surface area contributed by atoms with Crippen molar-refractivity contribution in [3.8, 4) is 34.7 Å². The quantitative estimate of drug-likeness (QED) is 0.0780. The van der Waals surface area contributed by atoms with Gasteiger partial charge in [-0.15, -0.1) is 0 Å². The van der Waals surface area contributed by atoms with Gasteiger partial charge in [-0.2, -0.15) is 5.26 Å². The second-order valence-corrected chi connectivity index (χ2v) is 17.0. The first-order valence-corrected chi connectivity index (χ1v) is 21.6. The number of hydrogen-bond acceptors (Lipinski definition) is 11. The summed E-state index contributed by atoms with van der Waals surface area (Å²) in [6.07, 6.45) is 5.93. The van der Waals surface area contributed by atoms with Gasteiger partial charge in [-0.1, -0.05) is 18.5 Å². The first-order valence-electron chi connectivity index (χ1n) is 21.3. The molecular weight excluding hydrogens is 810 g/mol. The molecule has 3 aliphatic rings. The number of nitrogens with zero attached hydrogens (tertiary/aromatic N) is 4. The second kappa shape index (κ2) is 18.2. The van der Waals surface area contributed by atoms with Crippen molar-refractivity contribution in [2.75, 3.05) is 27.3 Å². The highest BCUT2D eigenvalue weighted by Crippen LogP contribution is 2.40. The summed E-state index contributed by atoms with van der Waals surface area (Å²) in [5, 5.41) is 24.8. The van der Waals surface area contributed by atoms with Crippen LogP contribution in [0.15, 0.2) is 71.5 Å². The molecule has 8 rings (SSSR count). The summed E-state index contributed by atoms with van der Waals surface area (Å²) < 4.78 is 25.3. The first kappa shape index (κ1) is 42.7. The van der Waals surface area contributed by atoms with Gasteiger partial charge in [0.05, 0.1) is 58.9 Å². The van der Waals surface area contributed by atoms with Gasteiger partial charge in [0.25, 0.3) is 11.5 Å². The predicted octanol–water partition coefficient (Wildman–Crippen LogP) is 7.41. The molecule has 2 N–H and O–H groups in total. The Hall–Kier alpha value is -5.94. The van der Waals surface area contributed by atoms with Gasteiger partial charge in [-0.3, -0.25) is 9.59 Å². The number of unbranched alkanes of at least 4 members (excludes halogenated alkanes) is 2. The topological polar surface area (TPSA) is 165 Å². The third kappa shape index (κ3) is 8.73. The number of carbonyl (C=O) groups is 2. The van der Waals surface area contributed by atoms with Crippen LogP contribution in [0.2, 0.25) is 5.02 Å². The number of carbonyl (C=O) groups excluding carboxylic acids is 2. The average Bonchev–Trinajstić information content (AvgIpc) is 3.63. The van der Waals surface area contributed by atoms with Crippen molar-refractivity contribution in [1.82, 2.24) is 19.8 Å². The number of fused-ring (bicyclic) bond motifs is 5. The number of ether oxygens (including phenoxy) is 4. The van der Waals surface area contributed by atoms with E-state index in [-0.39, 0.29) is 36.6 Å². The zero-order chi connectivity index (χ0) is 43.5. The van der Waals surface area contributed by atoms with Crippen LogP contribution in [0.1, 0.15) is 96.5 Å². The number of aliphatic hydroxyl groups is 1. The van der Waals surface area contributed by atoms with Crippen molar-refractivity contribution in [3.05, 3.63) is 115 Å². The molecule has 4 heterocycles. The minimum absolute atomic E-state index is 0.0310. The van der Waals surface area contributed by atoms with Crippen LogP contribution in [0.5, 0.6) is 17.2 Å². The maximum atomic E-state index is 13.7. The van der Waals surface area contributed by atoms with E-state index in [2.05, 4.69) is 22.4 Å². The molecule has 0 spiro atoms. The molecule has 0 unspecified atom stereocenters.